The number of benzene rings is 1. The number of nitrogens with zero attached hydrogens (tertiary/aromatic N) is 3. The molecular weight excluding hydrogens is 278 g/mol. The Kier molecular flexibility index (Phi) is 2.82. The minimum atomic E-state index is -0.0357. The summed E-state index contributed by atoms with van der Waals surface area (Å²) in [5.41, 5.74) is 4.07. The molecule has 1 aromatic carbocycles. The van der Waals surface area contributed by atoms with Gasteiger partial charge in [0.05, 0.1) is 18.1 Å². The van der Waals surface area contributed by atoms with E-state index in [9.17, 15) is 4.79 Å². The molecule has 0 unspecified atom stereocenters. The monoisotopic (exact) mass is 293 g/mol. The Morgan fingerprint density at radius 2 is 2.00 bits per heavy atom. The van der Waals surface area contributed by atoms with Gasteiger partial charge in [0.2, 0.25) is 5.91 Å². The minimum Gasteiger partial charge on any atom is -0.311 e. The topological polar surface area (TPSA) is 75.6 Å². The average Bonchev–Trinajstić information content (AvgIpc) is 3.15. The van der Waals surface area contributed by atoms with Crippen LogP contribution in [-0.4, -0.2) is 25.9 Å². The van der Waals surface area contributed by atoms with Gasteiger partial charge in [-0.2, -0.15) is 10.2 Å². The van der Waals surface area contributed by atoms with Crippen LogP contribution in [0, 0.1) is 0 Å². The number of carbonyl (C=O) groups is 1. The Bertz CT molecular complexity index is 833. The van der Waals surface area contributed by atoms with Gasteiger partial charge < -0.3 is 5.32 Å². The molecule has 1 aliphatic heterocycles. The predicted molar refractivity (Wildman–Crippen MR) is 82.3 cm³/mol. The molecule has 22 heavy (non-hydrogen) atoms. The first-order valence-electron chi connectivity index (χ1n) is 7.14. The van der Waals surface area contributed by atoms with Crippen molar-refractivity contribution in [1.29, 1.82) is 0 Å². The van der Waals surface area contributed by atoms with E-state index in [1.807, 2.05) is 49.8 Å². The van der Waals surface area contributed by atoms with E-state index in [1.54, 1.807) is 4.68 Å². The number of rotatable bonds is 2. The zero-order chi connectivity index (χ0) is 15.1. The second kappa shape index (κ2) is 4.84. The summed E-state index contributed by atoms with van der Waals surface area (Å²) in [6.45, 7) is 0. The summed E-state index contributed by atoms with van der Waals surface area (Å²) < 4.78 is 1.70. The first-order valence-corrected chi connectivity index (χ1v) is 7.14. The number of anilines is 1. The van der Waals surface area contributed by atoms with Gasteiger partial charge in [-0.15, -0.1) is 0 Å². The van der Waals surface area contributed by atoms with Crippen LogP contribution in [-0.2, 0) is 11.8 Å². The molecule has 6 heteroatoms. The van der Waals surface area contributed by atoms with E-state index in [-0.39, 0.29) is 11.8 Å². The zero-order valence-corrected chi connectivity index (χ0v) is 12.1. The molecule has 0 saturated heterocycles. The number of hydrogen-bond donors (Lipinski definition) is 2. The van der Waals surface area contributed by atoms with Crippen molar-refractivity contribution in [3.8, 4) is 11.3 Å². The van der Waals surface area contributed by atoms with Crippen molar-refractivity contribution in [2.75, 3.05) is 5.32 Å². The van der Waals surface area contributed by atoms with Crippen molar-refractivity contribution < 1.29 is 4.79 Å². The van der Waals surface area contributed by atoms with Gasteiger partial charge in [0, 0.05) is 30.5 Å². The fourth-order valence-corrected chi connectivity index (χ4v) is 3.01. The number of nitrogens with one attached hydrogen (secondary N) is 2. The largest absolute Gasteiger partial charge is 0.311 e. The third-order valence-corrected chi connectivity index (χ3v) is 4.10. The number of carbonyl (C=O) groups excluding carboxylic acids is 1. The molecule has 0 fully saturated rings. The van der Waals surface area contributed by atoms with E-state index in [0.29, 0.717) is 6.42 Å². The second-order valence-electron chi connectivity index (χ2n) is 5.44. The maximum Gasteiger partial charge on any atom is 0.226 e. The lowest BCUT2D eigenvalue weighted by Crippen LogP contribution is -2.24. The van der Waals surface area contributed by atoms with Crippen molar-refractivity contribution in [1.82, 2.24) is 20.0 Å². The van der Waals surface area contributed by atoms with Crippen LogP contribution in [0.2, 0.25) is 0 Å². The molecule has 6 nitrogen and oxygen atoms in total. The van der Waals surface area contributed by atoms with Crippen LogP contribution in [0.3, 0.4) is 0 Å². The van der Waals surface area contributed by atoms with Gasteiger partial charge in [-0.05, 0) is 5.56 Å². The summed E-state index contributed by atoms with van der Waals surface area (Å²) in [7, 11) is 1.83. The molecule has 3 heterocycles. The van der Waals surface area contributed by atoms with Crippen LogP contribution in [0.4, 0.5) is 5.82 Å². The maximum atomic E-state index is 12.0. The van der Waals surface area contributed by atoms with Gasteiger partial charge in [-0.25, -0.2) is 0 Å². The van der Waals surface area contributed by atoms with Crippen LogP contribution in [0.1, 0.15) is 23.5 Å². The van der Waals surface area contributed by atoms with Crippen molar-refractivity contribution >= 4 is 11.7 Å². The van der Waals surface area contributed by atoms with Gasteiger partial charge in [-0.1, -0.05) is 30.3 Å². The quantitative estimate of drug-likeness (QED) is 0.761. The molecule has 3 aromatic rings. The van der Waals surface area contributed by atoms with E-state index in [1.165, 1.54) is 0 Å². The standard InChI is InChI=1S/C16H15N5O/c1-21-16-13(9-18-21)11(7-14(22)19-16)12-8-17-20-15(12)10-5-3-2-4-6-10/h2-6,8-9,11H,7H2,1H3,(H,17,20)(H,19,22)/t11-/m1/s1. The Balaban J connectivity index is 1.84. The zero-order valence-electron chi connectivity index (χ0n) is 12.1. The fourth-order valence-electron chi connectivity index (χ4n) is 3.01. The molecule has 0 bridgehead atoms. The smallest absolute Gasteiger partial charge is 0.226 e. The number of aryl methyl sites for hydroxylation is 1. The first-order chi connectivity index (χ1) is 10.7. The van der Waals surface area contributed by atoms with E-state index in [2.05, 4.69) is 20.6 Å². The molecule has 4 rings (SSSR count). The Labute approximate surface area is 127 Å². The van der Waals surface area contributed by atoms with E-state index >= 15 is 0 Å². The number of aromatic nitrogens is 4. The summed E-state index contributed by atoms with van der Waals surface area (Å²) >= 11 is 0. The third-order valence-electron chi connectivity index (χ3n) is 4.10. The molecule has 2 aromatic heterocycles. The fraction of sp³-hybridized carbons (Fsp3) is 0.188. The number of H-pyrrole nitrogens is 1. The summed E-state index contributed by atoms with van der Waals surface area (Å²) in [5, 5.41) is 14.4. The molecule has 1 aliphatic rings. The van der Waals surface area contributed by atoms with Crippen LogP contribution in [0.5, 0.6) is 0 Å². The average molecular weight is 293 g/mol. The lowest BCUT2D eigenvalue weighted by molar-refractivity contribution is -0.116. The summed E-state index contributed by atoms with van der Waals surface area (Å²) in [6, 6.07) is 10.0. The van der Waals surface area contributed by atoms with E-state index < -0.39 is 0 Å². The van der Waals surface area contributed by atoms with Crippen LogP contribution < -0.4 is 5.32 Å². The predicted octanol–water partition coefficient (Wildman–Crippen LogP) is 2.28. The molecule has 110 valence electrons. The Hall–Kier alpha value is -2.89. The molecule has 0 aliphatic carbocycles. The van der Waals surface area contributed by atoms with Crippen LogP contribution in [0.25, 0.3) is 11.3 Å². The molecule has 0 spiro atoms. The second-order valence-corrected chi connectivity index (χ2v) is 5.44. The summed E-state index contributed by atoms with van der Waals surface area (Å²) in [4.78, 5) is 12.0. The molecule has 1 atom stereocenters. The lowest BCUT2D eigenvalue weighted by Gasteiger charge is -2.23. The highest BCUT2D eigenvalue weighted by Gasteiger charge is 2.31. The van der Waals surface area contributed by atoms with Crippen LogP contribution in [0.15, 0.2) is 42.7 Å². The van der Waals surface area contributed by atoms with E-state index in [0.717, 1.165) is 28.2 Å². The highest BCUT2D eigenvalue weighted by atomic mass is 16.1. The van der Waals surface area contributed by atoms with Crippen LogP contribution >= 0.6 is 0 Å². The van der Waals surface area contributed by atoms with Crippen molar-refractivity contribution in [3.63, 3.8) is 0 Å². The highest BCUT2D eigenvalue weighted by Crippen LogP contribution is 2.39. The van der Waals surface area contributed by atoms with Crippen molar-refractivity contribution in [2.24, 2.45) is 7.05 Å². The third kappa shape index (κ3) is 1.92. The maximum absolute atomic E-state index is 12.0. The summed E-state index contributed by atoms with van der Waals surface area (Å²) in [6.07, 6.45) is 4.03. The number of aromatic amines is 1. The molecular formula is C16H15N5O. The van der Waals surface area contributed by atoms with Gasteiger partial charge in [-0.3, -0.25) is 14.6 Å². The number of amides is 1. The van der Waals surface area contributed by atoms with Gasteiger partial charge in [0.15, 0.2) is 0 Å². The van der Waals surface area contributed by atoms with E-state index in [4.69, 9.17) is 0 Å². The normalized spacial score (nSPS) is 17.1. The van der Waals surface area contributed by atoms with Gasteiger partial charge in [0.1, 0.15) is 5.82 Å². The summed E-state index contributed by atoms with van der Waals surface area (Å²) in [5.74, 6) is 0.731. The lowest BCUT2D eigenvalue weighted by atomic mass is 9.86. The van der Waals surface area contributed by atoms with Gasteiger partial charge >= 0.3 is 0 Å². The van der Waals surface area contributed by atoms with Crippen molar-refractivity contribution in [3.05, 3.63) is 53.9 Å². The molecule has 1 amide bonds. The Morgan fingerprint density at radius 3 is 2.82 bits per heavy atom. The number of hydrogen-bond acceptors (Lipinski definition) is 3. The first kappa shape index (κ1) is 12.8. The molecule has 0 radical (unpaired) electrons. The molecule has 0 saturated carbocycles. The Morgan fingerprint density at radius 1 is 1.18 bits per heavy atom. The van der Waals surface area contributed by atoms with Crippen molar-refractivity contribution in [2.45, 2.75) is 12.3 Å². The van der Waals surface area contributed by atoms with Gasteiger partial charge in [0.25, 0.3) is 0 Å². The number of fused-ring (bicyclic) bond motifs is 1. The molecule has 2 N–H and O–H groups in total. The SMILES string of the molecule is Cn1ncc2c1NC(=O)C[C@@H]2c1cn[nH]c1-c1ccccc1. The minimum absolute atomic E-state index is 0.00121. The highest BCUT2D eigenvalue weighted by molar-refractivity contribution is 5.94.